The number of hydrogen-bond acceptors (Lipinski definition) is 15. The smallest absolute Gasteiger partial charge is 0.462 e. The van der Waals surface area contributed by atoms with Crippen LogP contribution in [0.15, 0.2) is 0 Å². The lowest BCUT2D eigenvalue weighted by Gasteiger charge is -2.21. The Labute approximate surface area is 588 Å². The molecule has 0 spiro atoms. The first kappa shape index (κ1) is 94.1. The number of phosphoric ester groups is 2. The molecule has 3 unspecified atom stereocenters. The highest BCUT2D eigenvalue weighted by Gasteiger charge is 2.30. The normalized spacial score (nSPS) is 14.3. The van der Waals surface area contributed by atoms with E-state index in [0.29, 0.717) is 25.7 Å². The number of aliphatic hydroxyl groups excluding tert-OH is 1. The van der Waals surface area contributed by atoms with Crippen molar-refractivity contribution in [3.63, 3.8) is 0 Å². The van der Waals surface area contributed by atoms with Gasteiger partial charge in [0.05, 0.1) is 26.4 Å². The Morgan fingerprint density at radius 3 is 0.792 bits per heavy atom. The monoisotopic (exact) mass is 1410 g/mol. The molecule has 0 aromatic carbocycles. The topological polar surface area (TPSA) is 237 Å². The van der Waals surface area contributed by atoms with Gasteiger partial charge in [0.2, 0.25) is 0 Å². The van der Waals surface area contributed by atoms with E-state index in [2.05, 4.69) is 41.5 Å². The van der Waals surface area contributed by atoms with Crippen molar-refractivity contribution in [1.29, 1.82) is 0 Å². The highest BCUT2D eigenvalue weighted by molar-refractivity contribution is 7.47. The first-order valence-electron chi connectivity index (χ1n) is 40.0. The lowest BCUT2D eigenvalue weighted by molar-refractivity contribution is -0.161. The van der Waals surface area contributed by atoms with E-state index in [1.54, 1.807) is 0 Å². The molecule has 19 heteroatoms. The van der Waals surface area contributed by atoms with Crippen molar-refractivity contribution >= 4 is 39.5 Å². The summed E-state index contributed by atoms with van der Waals surface area (Å²) in [6.45, 7) is 9.60. The molecule has 17 nitrogen and oxygen atoms in total. The minimum absolute atomic E-state index is 0.107. The summed E-state index contributed by atoms with van der Waals surface area (Å²) in [5, 5.41) is 10.6. The Hall–Kier alpha value is -1.94. The first-order chi connectivity index (χ1) is 46.4. The third kappa shape index (κ3) is 69.2. The number of ether oxygens (including phenoxy) is 4. The van der Waals surface area contributed by atoms with Crippen LogP contribution in [0, 0.1) is 11.8 Å². The highest BCUT2D eigenvalue weighted by Crippen LogP contribution is 2.45. The lowest BCUT2D eigenvalue weighted by Crippen LogP contribution is -2.30. The second-order valence-corrected chi connectivity index (χ2v) is 31.4. The lowest BCUT2D eigenvalue weighted by atomic mass is 10.00. The molecule has 0 rings (SSSR count). The molecule has 3 N–H and O–H groups in total. The molecule has 0 aromatic rings. The molecule has 96 heavy (non-hydrogen) atoms. The van der Waals surface area contributed by atoms with E-state index in [1.807, 2.05) is 0 Å². The SMILES string of the molecule is CCCCCCCCCCCCCCCCC(=O)OC[C@H](COP(=O)(O)OC[C@@H](O)COP(=O)(O)OC[C@@H](COC(=O)CCCCCCCCC(C)CC)OC(=O)CCCCCCCCCCCCCCC)OC(=O)CCCCCCCCCCCCCCCCCCC(C)C. The van der Waals surface area contributed by atoms with Crippen LogP contribution in [0.5, 0.6) is 0 Å². The maximum absolute atomic E-state index is 13.1. The molecule has 0 amide bonds. The van der Waals surface area contributed by atoms with Crippen LogP contribution in [0.4, 0.5) is 0 Å². The van der Waals surface area contributed by atoms with E-state index in [1.165, 1.54) is 212 Å². The number of carbonyl (C=O) groups is 4. The first-order valence-corrected chi connectivity index (χ1v) is 43.0. The van der Waals surface area contributed by atoms with Crippen molar-refractivity contribution in [3.05, 3.63) is 0 Å². The molecule has 0 saturated heterocycles. The van der Waals surface area contributed by atoms with E-state index in [9.17, 15) is 43.2 Å². The summed E-state index contributed by atoms with van der Waals surface area (Å²) >= 11 is 0. The number of hydrogen-bond donors (Lipinski definition) is 3. The predicted octanol–water partition coefficient (Wildman–Crippen LogP) is 22.7. The van der Waals surface area contributed by atoms with Gasteiger partial charge in [0.15, 0.2) is 12.2 Å². The summed E-state index contributed by atoms with van der Waals surface area (Å²) in [7, 11) is -9.91. The van der Waals surface area contributed by atoms with Crippen molar-refractivity contribution in [2.45, 2.75) is 419 Å². The Balaban J connectivity index is 5.24. The Bertz CT molecular complexity index is 1860. The van der Waals surface area contributed by atoms with Crippen molar-refractivity contribution in [1.82, 2.24) is 0 Å². The summed E-state index contributed by atoms with van der Waals surface area (Å²) in [5.74, 6) is -0.573. The van der Waals surface area contributed by atoms with Gasteiger partial charge in [0.25, 0.3) is 0 Å². The quantitative estimate of drug-likeness (QED) is 0.0222. The van der Waals surface area contributed by atoms with Gasteiger partial charge in [-0.05, 0) is 37.5 Å². The number of esters is 4. The molecular formula is C77H150O17P2. The standard InChI is InChI=1S/C77H150O17P2/c1-7-10-12-14-16-18-20-22-29-32-36-40-47-53-59-74(79)87-65-72(93-76(81)62-56-50-42-38-34-30-26-24-23-25-28-31-35-39-45-51-57-69(4)5)67-91-95(83,84)89-63-71(78)64-90-96(85,86)92-68-73(66-88-75(80)60-54-48-44-43-46-52-58-70(6)9-3)94-77(82)61-55-49-41-37-33-27-21-19-17-15-13-11-8-2/h69-73,78H,7-68H2,1-6H3,(H,83,84)(H,85,86)/t70?,71-,72-,73-/m1/s1. The van der Waals surface area contributed by atoms with Crippen LogP contribution in [0.1, 0.15) is 401 Å². The van der Waals surface area contributed by atoms with Gasteiger partial charge in [0, 0.05) is 25.7 Å². The molecule has 6 atom stereocenters. The van der Waals surface area contributed by atoms with Crippen LogP contribution in [0.25, 0.3) is 0 Å². The molecule has 0 bridgehead atoms. The maximum atomic E-state index is 13.1. The zero-order valence-corrected chi connectivity index (χ0v) is 64.5. The number of phosphoric acid groups is 2. The predicted molar refractivity (Wildman–Crippen MR) is 391 cm³/mol. The van der Waals surface area contributed by atoms with Gasteiger partial charge in [-0.15, -0.1) is 0 Å². The fourth-order valence-corrected chi connectivity index (χ4v) is 13.4. The average molecular weight is 1410 g/mol. The largest absolute Gasteiger partial charge is 0.472 e. The Morgan fingerprint density at radius 1 is 0.302 bits per heavy atom. The molecule has 0 fully saturated rings. The minimum Gasteiger partial charge on any atom is -0.462 e. The van der Waals surface area contributed by atoms with Gasteiger partial charge in [-0.3, -0.25) is 37.3 Å². The summed E-state index contributed by atoms with van der Waals surface area (Å²) < 4.78 is 68.6. The third-order valence-corrected chi connectivity index (χ3v) is 20.2. The van der Waals surface area contributed by atoms with Crippen molar-refractivity contribution in [2.24, 2.45) is 11.8 Å². The van der Waals surface area contributed by atoms with E-state index >= 15 is 0 Å². The minimum atomic E-state index is -4.96. The van der Waals surface area contributed by atoms with Crippen molar-refractivity contribution in [3.8, 4) is 0 Å². The summed E-state index contributed by atoms with van der Waals surface area (Å²) in [6, 6.07) is 0. The van der Waals surface area contributed by atoms with Crippen LogP contribution in [-0.4, -0.2) is 96.7 Å². The zero-order chi connectivity index (χ0) is 70.7. The van der Waals surface area contributed by atoms with Gasteiger partial charge in [-0.2, -0.15) is 0 Å². The van der Waals surface area contributed by atoms with Crippen LogP contribution in [0.2, 0.25) is 0 Å². The third-order valence-electron chi connectivity index (χ3n) is 18.3. The van der Waals surface area contributed by atoms with Crippen molar-refractivity contribution < 1.29 is 80.2 Å². The second-order valence-electron chi connectivity index (χ2n) is 28.5. The summed E-state index contributed by atoms with van der Waals surface area (Å²) in [5.41, 5.74) is 0. The fourth-order valence-electron chi connectivity index (χ4n) is 11.8. The van der Waals surface area contributed by atoms with Gasteiger partial charge >= 0.3 is 39.5 Å². The second kappa shape index (κ2) is 68.8. The molecular weight excluding hydrogens is 1260 g/mol. The van der Waals surface area contributed by atoms with E-state index in [0.717, 1.165) is 108 Å². The highest BCUT2D eigenvalue weighted by atomic mass is 31.2. The summed E-state index contributed by atoms with van der Waals surface area (Å²) in [4.78, 5) is 72.8. The molecule has 0 aliphatic heterocycles. The fraction of sp³-hybridized carbons (Fsp3) is 0.948. The van der Waals surface area contributed by atoms with Gasteiger partial charge in [0.1, 0.15) is 19.3 Å². The van der Waals surface area contributed by atoms with Crippen molar-refractivity contribution in [2.75, 3.05) is 39.6 Å². The molecule has 0 saturated carbocycles. The number of carbonyl (C=O) groups excluding carboxylic acids is 4. The molecule has 0 radical (unpaired) electrons. The number of unbranched alkanes of at least 4 members (excludes halogenated alkanes) is 45. The van der Waals surface area contributed by atoms with Crippen LogP contribution in [0.3, 0.4) is 0 Å². The van der Waals surface area contributed by atoms with Crippen LogP contribution >= 0.6 is 15.6 Å². The van der Waals surface area contributed by atoms with Crippen LogP contribution < -0.4 is 0 Å². The molecule has 570 valence electrons. The van der Waals surface area contributed by atoms with Gasteiger partial charge in [-0.1, -0.05) is 350 Å². The van der Waals surface area contributed by atoms with Gasteiger partial charge < -0.3 is 33.8 Å². The van der Waals surface area contributed by atoms with Crippen LogP contribution in [-0.2, 0) is 65.4 Å². The zero-order valence-electron chi connectivity index (χ0n) is 62.7. The Kier molecular flexibility index (Phi) is 67.4. The maximum Gasteiger partial charge on any atom is 0.472 e. The number of rotatable bonds is 76. The number of aliphatic hydroxyl groups is 1. The Morgan fingerprint density at radius 2 is 0.531 bits per heavy atom. The molecule has 0 aromatic heterocycles. The van der Waals surface area contributed by atoms with E-state index in [-0.39, 0.29) is 25.7 Å². The molecule has 0 aliphatic carbocycles. The molecule has 0 heterocycles. The average Bonchev–Trinajstić information content (AvgIpc) is 1.11. The molecule has 0 aliphatic rings. The van der Waals surface area contributed by atoms with E-state index in [4.69, 9.17) is 37.0 Å². The van der Waals surface area contributed by atoms with E-state index < -0.39 is 97.5 Å². The summed E-state index contributed by atoms with van der Waals surface area (Å²) in [6.07, 6.45) is 56.8. The van der Waals surface area contributed by atoms with Gasteiger partial charge in [-0.25, -0.2) is 9.13 Å².